The number of hydrogen-bond donors (Lipinski definition) is 2. The number of aromatic carboxylic acids is 1. The molecule has 6 heteroatoms. The molecule has 2 N–H and O–H groups in total. The highest BCUT2D eigenvalue weighted by molar-refractivity contribution is 6.30. The summed E-state index contributed by atoms with van der Waals surface area (Å²) >= 11 is 5.71. The number of nitrogens with one attached hydrogen (secondary N) is 1. The van der Waals surface area contributed by atoms with Crippen molar-refractivity contribution in [2.45, 2.75) is 0 Å². The minimum absolute atomic E-state index is 0.0347. The van der Waals surface area contributed by atoms with Crippen LogP contribution < -0.4 is 0 Å². The molecule has 0 bridgehead atoms. The number of aromatic amines is 1. The molecule has 2 rings (SSSR count). The van der Waals surface area contributed by atoms with E-state index < -0.39 is 11.8 Å². The van der Waals surface area contributed by atoms with Gasteiger partial charge in [-0.2, -0.15) is 0 Å². The van der Waals surface area contributed by atoms with Gasteiger partial charge in [-0.3, -0.25) is 0 Å². The van der Waals surface area contributed by atoms with Gasteiger partial charge in [0.1, 0.15) is 11.5 Å². The van der Waals surface area contributed by atoms with E-state index in [0.29, 0.717) is 5.02 Å². The molecule has 16 heavy (non-hydrogen) atoms. The van der Waals surface area contributed by atoms with Crippen LogP contribution in [0.1, 0.15) is 10.5 Å². The van der Waals surface area contributed by atoms with Crippen LogP contribution in [0.4, 0.5) is 4.39 Å². The molecule has 0 saturated carbocycles. The van der Waals surface area contributed by atoms with Gasteiger partial charge in [-0.1, -0.05) is 11.6 Å². The summed E-state index contributed by atoms with van der Waals surface area (Å²) in [5.41, 5.74) is -0.0696. The highest BCUT2D eigenvalue weighted by Crippen LogP contribution is 2.26. The Labute approximate surface area is 94.7 Å². The van der Waals surface area contributed by atoms with E-state index >= 15 is 0 Å². The first kappa shape index (κ1) is 10.6. The van der Waals surface area contributed by atoms with Crippen LogP contribution in [-0.2, 0) is 0 Å². The Bertz CT molecular complexity index is 554. The Kier molecular flexibility index (Phi) is 2.62. The summed E-state index contributed by atoms with van der Waals surface area (Å²) in [7, 11) is 0. The summed E-state index contributed by atoms with van der Waals surface area (Å²) in [5.74, 6) is -1.77. The molecule has 0 amide bonds. The average molecular weight is 241 g/mol. The zero-order valence-electron chi connectivity index (χ0n) is 7.87. The van der Waals surface area contributed by atoms with Crippen molar-refractivity contribution in [1.82, 2.24) is 9.97 Å². The first-order chi connectivity index (χ1) is 7.59. The third-order valence-electron chi connectivity index (χ3n) is 2.04. The van der Waals surface area contributed by atoms with Gasteiger partial charge in [0.15, 0.2) is 5.69 Å². The number of benzene rings is 1. The van der Waals surface area contributed by atoms with E-state index in [9.17, 15) is 9.18 Å². The summed E-state index contributed by atoms with van der Waals surface area (Å²) in [6, 6.07) is 3.88. The van der Waals surface area contributed by atoms with E-state index in [1.165, 1.54) is 18.5 Å². The molecule has 1 aromatic carbocycles. The summed E-state index contributed by atoms with van der Waals surface area (Å²) in [5, 5.41) is 9.16. The minimum atomic E-state index is -1.20. The third-order valence-corrected chi connectivity index (χ3v) is 2.27. The van der Waals surface area contributed by atoms with Crippen LogP contribution in [0.15, 0.2) is 24.5 Å². The fraction of sp³-hybridized carbons (Fsp3) is 0. The molecular weight excluding hydrogens is 235 g/mol. The van der Waals surface area contributed by atoms with Gasteiger partial charge >= 0.3 is 5.97 Å². The third kappa shape index (κ3) is 1.77. The van der Waals surface area contributed by atoms with Gasteiger partial charge in [-0.15, -0.1) is 0 Å². The fourth-order valence-electron chi connectivity index (χ4n) is 1.34. The molecule has 1 aromatic heterocycles. The lowest BCUT2D eigenvalue weighted by molar-refractivity contribution is 0.0692. The second kappa shape index (κ2) is 3.94. The lowest BCUT2D eigenvalue weighted by Crippen LogP contribution is -2.00. The summed E-state index contributed by atoms with van der Waals surface area (Å²) in [6.07, 6.45) is 1.19. The molecule has 2 aromatic rings. The maximum atomic E-state index is 13.5. The molecule has 0 aliphatic rings. The van der Waals surface area contributed by atoms with E-state index in [-0.39, 0.29) is 17.0 Å². The van der Waals surface area contributed by atoms with Crippen LogP contribution in [0.3, 0.4) is 0 Å². The number of carboxylic acid groups (broad SMARTS) is 1. The van der Waals surface area contributed by atoms with Crippen LogP contribution in [0, 0.1) is 5.82 Å². The predicted molar refractivity (Wildman–Crippen MR) is 56.0 cm³/mol. The number of carboxylic acids is 1. The fourth-order valence-corrected chi connectivity index (χ4v) is 1.51. The largest absolute Gasteiger partial charge is 0.477 e. The zero-order chi connectivity index (χ0) is 11.7. The molecule has 0 saturated heterocycles. The monoisotopic (exact) mass is 240 g/mol. The molecule has 0 aliphatic carbocycles. The van der Waals surface area contributed by atoms with E-state index in [4.69, 9.17) is 16.7 Å². The molecule has 0 atom stereocenters. The number of H-pyrrole nitrogens is 1. The first-order valence-electron chi connectivity index (χ1n) is 4.31. The van der Waals surface area contributed by atoms with E-state index in [2.05, 4.69) is 9.97 Å². The summed E-state index contributed by atoms with van der Waals surface area (Å²) in [6.45, 7) is 0. The Balaban J connectivity index is 2.62. The second-order valence-electron chi connectivity index (χ2n) is 3.06. The van der Waals surface area contributed by atoms with Gasteiger partial charge in [-0.05, 0) is 18.2 Å². The van der Waals surface area contributed by atoms with Crippen molar-refractivity contribution in [3.63, 3.8) is 0 Å². The summed E-state index contributed by atoms with van der Waals surface area (Å²) in [4.78, 5) is 17.0. The molecule has 0 fully saturated rings. The molecule has 82 valence electrons. The second-order valence-corrected chi connectivity index (χ2v) is 3.49. The smallest absolute Gasteiger partial charge is 0.354 e. The highest BCUT2D eigenvalue weighted by atomic mass is 35.5. The van der Waals surface area contributed by atoms with E-state index in [1.54, 1.807) is 0 Å². The zero-order valence-corrected chi connectivity index (χ0v) is 8.62. The average Bonchev–Trinajstić information content (AvgIpc) is 2.70. The molecular formula is C10H6ClFN2O2. The van der Waals surface area contributed by atoms with Crippen LogP contribution in [0.25, 0.3) is 11.3 Å². The van der Waals surface area contributed by atoms with Crippen molar-refractivity contribution in [2.75, 3.05) is 0 Å². The number of hydrogen-bond acceptors (Lipinski definition) is 2. The van der Waals surface area contributed by atoms with Gasteiger partial charge in [0, 0.05) is 10.6 Å². The molecule has 0 unspecified atom stereocenters. The van der Waals surface area contributed by atoms with Gasteiger partial charge < -0.3 is 10.1 Å². The van der Waals surface area contributed by atoms with E-state index in [1.807, 2.05) is 0 Å². The maximum absolute atomic E-state index is 13.5. The summed E-state index contributed by atoms with van der Waals surface area (Å²) < 4.78 is 13.5. The van der Waals surface area contributed by atoms with E-state index in [0.717, 1.165) is 6.07 Å². The topological polar surface area (TPSA) is 66.0 Å². The molecule has 1 heterocycles. The van der Waals surface area contributed by atoms with Gasteiger partial charge in [0.25, 0.3) is 0 Å². The number of imidazole rings is 1. The molecule has 0 aliphatic heterocycles. The Morgan fingerprint density at radius 1 is 1.50 bits per heavy atom. The van der Waals surface area contributed by atoms with Gasteiger partial charge in [0.05, 0.1) is 6.33 Å². The number of halogens is 2. The van der Waals surface area contributed by atoms with Crippen molar-refractivity contribution in [3.8, 4) is 11.3 Å². The SMILES string of the molecule is O=C(O)c1[nH]cnc1-c1cc(Cl)ccc1F. The van der Waals surface area contributed by atoms with Crippen LogP contribution in [0.2, 0.25) is 5.02 Å². The Morgan fingerprint density at radius 3 is 2.94 bits per heavy atom. The Morgan fingerprint density at radius 2 is 2.25 bits per heavy atom. The van der Waals surface area contributed by atoms with Crippen molar-refractivity contribution < 1.29 is 14.3 Å². The number of aromatic nitrogens is 2. The van der Waals surface area contributed by atoms with Crippen molar-refractivity contribution in [3.05, 3.63) is 41.1 Å². The Hall–Kier alpha value is -1.88. The van der Waals surface area contributed by atoms with Crippen LogP contribution in [0.5, 0.6) is 0 Å². The number of nitrogens with zero attached hydrogens (tertiary/aromatic N) is 1. The van der Waals surface area contributed by atoms with Crippen molar-refractivity contribution >= 4 is 17.6 Å². The van der Waals surface area contributed by atoms with Crippen molar-refractivity contribution in [1.29, 1.82) is 0 Å². The predicted octanol–water partition coefficient (Wildman–Crippen LogP) is 2.57. The molecule has 0 spiro atoms. The number of rotatable bonds is 2. The standard InChI is InChI=1S/C10H6ClFN2O2/c11-5-1-2-7(12)6(3-5)8-9(10(15)16)14-4-13-8/h1-4H,(H,13,14)(H,15,16). The maximum Gasteiger partial charge on any atom is 0.354 e. The minimum Gasteiger partial charge on any atom is -0.477 e. The van der Waals surface area contributed by atoms with Crippen LogP contribution >= 0.6 is 11.6 Å². The number of carbonyl (C=O) groups is 1. The lowest BCUT2D eigenvalue weighted by Gasteiger charge is -2.01. The first-order valence-corrected chi connectivity index (χ1v) is 4.69. The molecule has 0 radical (unpaired) electrons. The van der Waals surface area contributed by atoms with Crippen molar-refractivity contribution in [2.24, 2.45) is 0 Å². The van der Waals surface area contributed by atoms with Crippen LogP contribution in [-0.4, -0.2) is 21.0 Å². The highest BCUT2D eigenvalue weighted by Gasteiger charge is 2.17. The normalized spacial score (nSPS) is 10.4. The lowest BCUT2D eigenvalue weighted by atomic mass is 10.1. The van der Waals surface area contributed by atoms with Gasteiger partial charge in [-0.25, -0.2) is 14.2 Å². The quantitative estimate of drug-likeness (QED) is 0.848. The molecule has 4 nitrogen and oxygen atoms in total. The van der Waals surface area contributed by atoms with Gasteiger partial charge in [0.2, 0.25) is 0 Å².